The summed E-state index contributed by atoms with van der Waals surface area (Å²) in [6, 6.07) is 17.3. The van der Waals surface area contributed by atoms with Crippen molar-refractivity contribution in [1.82, 2.24) is 4.98 Å². The first-order valence-corrected chi connectivity index (χ1v) is 9.32. The number of hydrogen-bond acceptors (Lipinski definition) is 4. The Hall–Kier alpha value is -3.73. The molecule has 2 aromatic carbocycles. The number of aromatic nitrogens is 1. The van der Waals surface area contributed by atoms with E-state index in [4.69, 9.17) is 0 Å². The molecule has 1 aliphatic rings. The van der Waals surface area contributed by atoms with Gasteiger partial charge in [0, 0.05) is 23.6 Å². The summed E-state index contributed by atoms with van der Waals surface area (Å²) >= 11 is 0. The maximum atomic E-state index is 13.1. The summed E-state index contributed by atoms with van der Waals surface area (Å²) in [6.45, 7) is 3.87. The van der Waals surface area contributed by atoms with Gasteiger partial charge in [0.25, 0.3) is 11.7 Å². The lowest BCUT2D eigenvalue weighted by molar-refractivity contribution is -0.132. The maximum absolute atomic E-state index is 13.1. The third-order valence-corrected chi connectivity index (χ3v) is 5.10. The third kappa shape index (κ3) is 3.21. The summed E-state index contributed by atoms with van der Waals surface area (Å²) in [6.07, 6.45) is 3.25. The van der Waals surface area contributed by atoms with E-state index in [-0.39, 0.29) is 11.3 Å². The molecule has 0 radical (unpaired) electrons. The molecule has 1 atom stereocenters. The van der Waals surface area contributed by atoms with Crippen molar-refractivity contribution in [3.8, 4) is 0 Å². The van der Waals surface area contributed by atoms with Gasteiger partial charge >= 0.3 is 0 Å². The first kappa shape index (κ1) is 18.6. The number of anilines is 1. The number of rotatable bonds is 3. The second kappa shape index (κ2) is 7.36. The Balaban J connectivity index is 1.97. The zero-order valence-electron chi connectivity index (χ0n) is 16.2. The highest BCUT2D eigenvalue weighted by Gasteiger charge is 2.47. The van der Waals surface area contributed by atoms with Crippen LogP contribution in [0.2, 0.25) is 0 Å². The Labute approximate surface area is 169 Å². The van der Waals surface area contributed by atoms with Crippen molar-refractivity contribution >= 4 is 23.1 Å². The fourth-order valence-corrected chi connectivity index (χ4v) is 3.76. The number of benzene rings is 2. The van der Waals surface area contributed by atoms with Crippen molar-refractivity contribution in [2.75, 3.05) is 4.90 Å². The highest BCUT2D eigenvalue weighted by atomic mass is 16.3. The number of aliphatic hydroxyl groups excluding tert-OH is 1. The predicted molar refractivity (Wildman–Crippen MR) is 111 cm³/mol. The van der Waals surface area contributed by atoms with Crippen LogP contribution in [0.5, 0.6) is 0 Å². The van der Waals surface area contributed by atoms with Crippen LogP contribution in [-0.4, -0.2) is 21.8 Å². The molecular weight excluding hydrogens is 364 g/mol. The van der Waals surface area contributed by atoms with Gasteiger partial charge < -0.3 is 5.11 Å². The van der Waals surface area contributed by atoms with Gasteiger partial charge in [0.15, 0.2) is 0 Å². The summed E-state index contributed by atoms with van der Waals surface area (Å²) in [4.78, 5) is 31.7. The molecule has 5 nitrogen and oxygen atoms in total. The molecule has 29 heavy (non-hydrogen) atoms. The Morgan fingerprint density at radius 1 is 1.00 bits per heavy atom. The molecule has 0 spiro atoms. The van der Waals surface area contributed by atoms with Gasteiger partial charge in [-0.05, 0) is 37.1 Å². The van der Waals surface area contributed by atoms with Gasteiger partial charge in [0.1, 0.15) is 5.76 Å². The topological polar surface area (TPSA) is 70.5 Å². The molecule has 1 fully saturated rings. The summed E-state index contributed by atoms with van der Waals surface area (Å²) in [7, 11) is 0. The number of pyridine rings is 1. The SMILES string of the molecule is Cc1ccc(N2C(=O)C(=O)/C(=C(/O)c3ccccc3)C2c2cccnc2)c(C)c1. The zero-order chi connectivity index (χ0) is 20.5. The maximum Gasteiger partial charge on any atom is 0.300 e. The summed E-state index contributed by atoms with van der Waals surface area (Å²) < 4.78 is 0. The summed E-state index contributed by atoms with van der Waals surface area (Å²) in [5.74, 6) is -1.56. The van der Waals surface area contributed by atoms with E-state index >= 15 is 0 Å². The molecule has 1 N–H and O–H groups in total. The van der Waals surface area contributed by atoms with Crippen LogP contribution < -0.4 is 4.90 Å². The smallest absolute Gasteiger partial charge is 0.300 e. The fourth-order valence-electron chi connectivity index (χ4n) is 3.76. The van der Waals surface area contributed by atoms with Crippen LogP contribution in [-0.2, 0) is 9.59 Å². The Morgan fingerprint density at radius 2 is 1.76 bits per heavy atom. The van der Waals surface area contributed by atoms with Crippen LogP contribution >= 0.6 is 0 Å². The highest BCUT2D eigenvalue weighted by molar-refractivity contribution is 6.51. The number of aryl methyl sites for hydroxylation is 2. The van der Waals surface area contributed by atoms with E-state index in [9.17, 15) is 14.7 Å². The number of hydrogen-bond donors (Lipinski definition) is 1. The number of aliphatic hydroxyl groups is 1. The zero-order valence-corrected chi connectivity index (χ0v) is 16.2. The van der Waals surface area contributed by atoms with E-state index in [0.29, 0.717) is 16.8 Å². The second-order valence-corrected chi connectivity index (χ2v) is 7.11. The summed E-state index contributed by atoms with van der Waals surface area (Å²) in [5, 5.41) is 11.0. The fraction of sp³-hybridized carbons (Fsp3) is 0.125. The number of carbonyl (C=O) groups is 2. The van der Waals surface area contributed by atoms with Gasteiger partial charge in [-0.1, -0.05) is 54.1 Å². The van der Waals surface area contributed by atoms with Crippen LogP contribution in [0, 0.1) is 13.8 Å². The quantitative estimate of drug-likeness (QED) is 0.415. The molecule has 0 bridgehead atoms. The molecule has 4 rings (SSSR count). The number of nitrogens with zero attached hydrogens (tertiary/aromatic N) is 2. The Kier molecular flexibility index (Phi) is 4.72. The van der Waals surface area contributed by atoms with Crippen molar-refractivity contribution in [2.24, 2.45) is 0 Å². The molecule has 2 heterocycles. The van der Waals surface area contributed by atoms with Crippen molar-refractivity contribution in [3.05, 3.63) is 101 Å². The molecule has 0 saturated carbocycles. The van der Waals surface area contributed by atoms with Crippen molar-refractivity contribution in [2.45, 2.75) is 19.9 Å². The Morgan fingerprint density at radius 3 is 2.41 bits per heavy atom. The second-order valence-electron chi connectivity index (χ2n) is 7.11. The molecule has 1 unspecified atom stereocenters. The molecule has 1 amide bonds. The van der Waals surface area contributed by atoms with E-state index < -0.39 is 17.7 Å². The normalized spacial score (nSPS) is 18.3. The van der Waals surface area contributed by atoms with Crippen LogP contribution in [0.15, 0.2) is 78.6 Å². The standard InChI is InChI=1S/C24H20N2O3/c1-15-10-11-19(16(2)13-15)26-21(18-9-6-12-25-14-18)20(23(28)24(26)29)22(27)17-7-4-3-5-8-17/h3-14,21,27H,1-2H3/b22-20+. The average Bonchev–Trinajstić information content (AvgIpc) is 3.00. The van der Waals surface area contributed by atoms with Crippen LogP contribution in [0.25, 0.3) is 5.76 Å². The van der Waals surface area contributed by atoms with Gasteiger partial charge in [-0.3, -0.25) is 19.5 Å². The van der Waals surface area contributed by atoms with E-state index in [1.807, 2.05) is 38.1 Å². The molecule has 5 heteroatoms. The summed E-state index contributed by atoms with van der Waals surface area (Å²) in [5.41, 5.74) is 3.78. The minimum atomic E-state index is -0.759. The molecule has 144 valence electrons. The van der Waals surface area contributed by atoms with Crippen molar-refractivity contribution < 1.29 is 14.7 Å². The van der Waals surface area contributed by atoms with Gasteiger partial charge in [-0.15, -0.1) is 0 Å². The number of Topliss-reactive ketones (excluding diaryl/α,β-unsaturated/α-hetero) is 1. The first-order valence-electron chi connectivity index (χ1n) is 9.32. The number of ketones is 1. The molecule has 0 aliphatic carbocycles. The van der Waals surface area contributed by atoms with Gasteiger partial charge in [-0.25, -0.2) is 0 Å². The van der Waals surface area contributed by atoms with Crippen molar-refractivity contribution in [1.29, 1.82) is 0 Å². The largest absolute Gasteiger partial charge is 0.507 e. The van der Waals surface area contributed by atoms with Crippen LogP contribution in [0.1, 0.15) is 28.3 Å². The van der Waals surface area contributed by atoms with Crippen molar-refractivity contribution in [3.63, 3.8) is 0 Å². The third-order valence-electron chi connectivity index (χ3n) is 5.10. The van der Waals surface area contributed by atoms with Crippen LogP contribution in [0.4, 0.5) is 5.69 Å². The van der Waals surface area contributed by atoms with Gasteiger partial charge in [0.2, 0.25) is 0 Å². The minimum absolute atomic E-state index is 0.0641. The predicted octanol–water partition coefficient (Wildman–Crippen LogP) is 4.32. The number of amides is 1. The van der Waals surface area contributed by atoms with Crippen LogP contribution in [0.3, 0.4) is 0 Å². The minimum Gasteiger partial charge on any atom is -0.507 e. The first-order chi connectivity index (χ1) is 14.0. The molecule has 1 aromatic heterocycles. The molecular formula is C24H20N2O3. The van der Waals surface area contributed by atoms with Gasteiger partial charge in [0.05, 0.1) is 11.6 Å². The number of carbonyl (C=O) groups excluding carboxylic acids is 2. The lowest BCUT2D eigenvalue weighted by Crippen LogP contribution is -2.30. The lowest BCUT2D eigenvalue weighted by Gasteiger charge is -2.26. The van der Waals surface area contributed by atoms with E-state index in [0.717, 1.165) is 11.1 Å². The lowest BCUT2D eigenvalue weighted by atomic mass is 9.96. The monoisotopic (exact) mass is 384 g/mol. The Bertz CT molecular complexity index is 1120. The van der Waals surface area contributed by atoms with E-state index in [1.54, 1.807) is 48.8 Å². The van der Waals surface area contributed by atoms with E-state index in [1.165, 1.54) is 4.90 Å². The van der Waals surface area contributed by atoms with E-state index in [2.05, 4.69) is 4.98 Å². The molecule has 1 aliphatic heterocycles. The average molecular weight is 384 g/mol. The molecule has 1 saturated heterocycles. The highest BCUT2D eigenvalue weighted by Crippen LogP contribution is 2.42. The van der Waals surface area contributed by atoms with Gasteiger partial charge in [-0.2, -0.15) is 0 Å². The molecule has 3 aromatic rings.